The lowest BCUT2D eigenvalue weighted by molar-refractivity contribution is -0.130. The number of halogens is 2. The lowest BCUT2D eigenvalue weighted by Gasteiger charge is -2.19. The Balaban J connectivity index is 0.00000280. The molecule has 0 bridgehead atoms. The van der Waals surface area contributed by atoms with Crippen molar-refractivity contribution in [2.45, 2.75) is 13.0 Å². The van der Waals surface area contributed by atoms with Gasteiger partial charge in [0.2, 0.25) is 0 Å². The number of hydrogen-bond acceptors (Lipinski definition) is 4. The van der Waals surface area contributed by atoms with E-state index < -0.39 is 11.7 Å². The van der Waals surface area contributed by atoms with Gasteiger partial charge in [0.25, 0.3) is 11.8 Å². The van der Waals surface area contributed by atoms with Crippen LogP contribution in [0.3, 0.4) is 0 Å². The van der Waals surface area contributed by atoms with Crippen LogP contribution in [0.2, 0.25) is 0 Å². The highest BCUT2D eigenvalue weighted by molar-refractivity contribution is 6.06. The molecule has 2 aromatic carbocycles. The number of carbonyl (C=O) groups is 2. The van der Waals surface area contributed by atoms with Crippen molar-refractivity contribution < 1.29 is 18.7 Å². The Morgan fingerprint density at radius 3 is 2.71 bits per heavy atom. The Morgan fingerprint density at radius 1 is 1.21 bits per heavy atom. The zero-order valence-electron chi connectivity index (χ0n) is 15.8. The van der Waals surface area contributed by atoms with Crippen molar-refractivity contribution in [3.05, 3.63) is 58.9 Å². The van der Waals surface area contributed by atoms with Crippen LogP contribution in [-0.4, -0.2) is 44.0 Å². The van der Waals surface area contributed by atoms with Crippen LogP contribution in [0.5, 0.6) is 5.75 Å². The highest BCUT2D eigenvalue weighted by Crippen LogP contribution is 2.26. The fourth-order valence-corrected chi connectivity index (χ4v) is 2.87. The minimum absolute atomic E-state index is 0. The van der Waals surface area contributed by atoms with Gasteiger partial charge in [-0.3, -0.25) is 9.59 Å². The topological polar surface area (TPSA) is 70.7 Å². The van der Waals surface area contributed by atoms with Gasteiger partial charge >= 0.3 is 0 Å². The highest BCUT2D eigenvalue weighted by Gasteiger charge is 2.19. The molecule has 0 fully saturated rings. The van der Waals surface area contributed by atoms with Crippen LogP contribution in [0, 0.1) is 5.82 Å². The normalized spacial score (nSPS) is 12.4. The highest BCUT2D eigenvalue weighted by atomic mass is 35.5. The third-order valence-electron chi connectivity index (χ3n) is 4.44. The molecule has 8 heteroatoms. The molecule has 0 saturated carbocycles. The van der Waals surface area contributed by atoms with Crippen LogP contribution in [0.1, 0.15) is 21.5 Å². The standard InChI is InChI=1S/C20H22FN3O3.ClH/c1-24(2)18(25)12-27-17-6-4-3-5-15(17)20(26)23-16-8-7-13-11-22-10-9-14(13)19(16)21;/h3-8,22H,9-12H2,1-2H3,(H,23,26);1H. The summed E-state index contributed by atoms with van der Waals surface area (Å²) < 4.78 is 20.2. The van der Waals surface area contributed by atoms with Gasteiger partial charge in [0.05, 0.1) is 11.3 Å². The number of benzene rings is 2. The summed E-state index contributed by atoms with van der Waals surface area (Å²) in [6, 6.07) is 9.96. The van der Waals surface area contributed by atoms with Gasteiger partial charge in [-0.15, -0.1) is 12.4 Å². The molecule has 1 heterocycles. The van der Waals surface area contributed by atoms with E-state index in [9.17, 15) is 14.0 Å². The molecule has 3 rings (SSSR count). The second-order valence-corrected chi connectivity index (χ2v) is 6.52. The smallest absolute Gasteiger partial charge is 0.259 e. The molecule has 0 aromatic heterocycles. The Hall–Kier alpha value is -2.64. The maximum atomic E-state index is 14.7. The van der Waals surface area contributed by atoms with Crippen molar-refractivity contribution >= 4 is 29.9 Å². The van der Waals surface area contributed by atoms with Crippen molar-refractivity contribution in [1.82, 2.24) is 10.2 Å². The predicted octanol–water partition coefficient (Wildman–Crippen LogP) is 2.61. The van der Waals surface area contributed by atoms with Crippen LogP contribution in [0.4, 0.5) is 10.1 Å². The van der Waals surface area contributed by atoms with Gasteiger partial charge in [0, 0.05) is 20.6 Å². The summed E-state index contributed by atoms with van der Waals surface area (Å²) in [6.07, 6.45) is 0.581. The summed E-state index contributed by atoms with van der Waals surface area (Å²) in [7, 11) is 3.25. The van der Waals surface area contributed by atoms with E-state index in [0.29, 0.717) is 25.1 Å². The maximum Gasteiger partial charge on any atom is 0.259 e. The number of anilines is 1. The molecule has 2 aromatic rings. The van der Waals surface area contributed by atoms with Crippen LogP contribution < -0.4 is 15.4 Å². The van der Waals surface area contributed by atoms with Crippen LogP contribution in [-0.2, 0) is 17.8 Å². The summed E-state index contributed by atoms with van der Waals surface area (Å²) in [5.41, 5.74) is 1.91. The molecule has 0 radical (unpaired) electrons. The lowest BCUT2D eigenvalue weighted by Crippen LogP contribution is -2.28. The van der Waals surface area contributed by atoms with E-state index in [2.05, 4.69) is 10.6 Å². The molecule has 2 N–H and O–H groups in total. The SMILES string of the molecule is CN(C)C(=O)COc1ccccc1C(=O)Nc1ccc2c(c1F)CCNC2.Cl. The summed E-state index contributed by atoms with van der Waals surface area (Å²) in [5.74, 6) is -0.841. The Kier molecular flexibility index (Phi) is 7.37. The third kappa shape index (κ3) is 4.79. The predicted molar refractivity (Wildman–Crippen MR) is 108 cm³/mol. The number of amides is 2. The molecule has 0 saturated heterocycles. The number of nitrogens with zero attached hydrogens (tertiary/aromatic N) is 1. The number of likely N-dealkylation sites (N-methyl/N-ethyl adjacent to an activating group) is 1. The van der Waals surface area contributed by atoms with Crippen molar-refractivity contribution in [2.24, 2.45) is 0 Å². The summed E-state index contributed by atoms with van der Waals surface area (Å²) in [4.78, 5) is 25.8. The van der Waals surface area contributed by atoms with E-state index in [1.54, 1.807) is 44.4 Å². The monoisotopic (exact) mass is 407 g/mol. The number of fused-ring (bicyclic) bond motifs is 1. The quantitative estimate of drug-likeness (QED) is 0.799. The summed E-state index contributed by atoms with van der Waals surface area (Å²) in [5, 5.41) is 5.81. The summed E-state index contributed by atoms with van der Waals surface area (Å²) in [6.45, 7) is 1.15. The zero-order valence-corrected chi connectivity index (χ0v) is 16.6. The molecule has 0 spiro atoms. The number of carbonyl (C=O) groups excluding carboxylic acids is 2. The van der Waals surface area contributed by atoms with Gasteiger partial charge in [0.1, 0.15) is 11.6 Å². The molecule has 1 aliphatic rings. The van der Waals surface area contributed by atoms with Gasteiger partial charge in [-0.05, 0) is 42.3 Å². The van der Waals surface area contributed by atoms with Gasteiger partial charge in [0.15, 0.2) is 6.61 Å². The molecule has 0 unspecified atom stereocenters. The van der Waals surface area contributed by atoms with Gasteiger partial charge in [-0.2, -0.15) is 0 Å². The van der Waals surface area contributed by atoms with E-state index in [-0.39, 0.29) is 41.9 Å². The maximum absolute atomic E-state index is 14.7. The van der Waals surface area contributed by atoms with E-state index in [1.165, 1.54) is 4.90 Å². The first-order valence-corrected chi connectivity index (χ1v) is 8.71. The number of ether oxygens (including phenoxy) is 1. The van der Waals surface area contributed by atoms with Gasteiger partial charge in [-0.25, -0.2) is 4.39 Å². The summed E-state index contributed by atoms with van der Waals surface area (Å²) >= 11 is 0. The molecule has 6 nitrogen and oxygen atoms in total. The van der Waals surface area contributed by atoms with Gasteiger partial charge < -0.3 is 20.3 Å². The van der Waals surface area contributed by atoms with Crippen molar-refractivity contribution in [1.29, 1.82) is 0 Å². The molecular formula is C20H23ClFN3O3. The molecule has 1 aliphatic heterocycles. The first-order valence-electron chi connectivity index (χ1n) is 8.71. The largest absolute Gasteiger partial charge is 0.483 e. The average molecular weight is 408 g/mol. The van der Waals surface area contributed by atoms with Crippen LogP contribution in [0.15, 0.2) is 36.4 Å². The van der Waals surface area contributed by atoms with Crippen molar-refractivity contribution in [2.75, 3.05) is 32.6 Å². The van der Waals surface area contributed by atoms with Crippen molar-refractivity contribution in [3.8, 4) is 5.75 Å². The average Bonchev–Trinajstić information content (AvgIpc) is 2.68. The molecule has 150 valence electrons. The Morgan fingerprint density at radius 2 is 1.96 bits per heavy atom. The first kappa shape index (κ1) is 21.7. The number of para-hydroxylation sites is 1. The fourth-order valence-electron chi connectivity index (χ4n) is 2.87. The Bertz CT molecular complexity index is 874. The van der Waals surface area contributed by atoms with E-state index in [0.717, 1.165) is 5.56 Å². The minimum atomic E-state index is -0.490. The zero-order chi connectivity index (χ0) is 19.4. The van der Waals surface area contributed by atoms with E-state index in [1.807, 2.05) is 6.07 Å². The molecule has 2 amide bonds. The fraction of sp³-hybridized carbons (Fsp3) is 0.300. The second-order valence-electron chi connectivity index (χ2n) is 6.52. The van der Waals surface area contributed by atoms with E-state index in [4.69, 9.17) is 4.74 Å². The van der Waals surface area contributed by atoms with Crippen LogP contribution in [0.25, 0.3) is 0 Å². The Labute approximate surface area is 169 Å². The second kappa shape index (κ2) is 9.52. The van der Waals surface area contributed by atoms with E-state index >= 15 is 0 Å². The number of rotatable bonds is 5. The lowest BCUT2D eigenvalue weighted by atomic mass is 9.99. The molecule has 0 aliphatic carbocycles. The van der Waals surface area contributed by atoms with Crippen molar-refractivity contribution in [3.63, 3.8) is 0 Å². The molecule has 28 heavy (non-hydrogen) atoms. The van der Waals surface area contributed by atoms with Crippen LogP contribution >= 0.6 is 12.4 Å². The number of nitrogens with one attached hydrogen (secondary N) is 2. The number of hydrogen-bond donors (Lipinski definition) is 2. The molecular weight excluding hydrogens is 385 g/mol. The third-order valence-corrected chi connectivity index (χ3v) is 4.44. The molecule has 0 atom stereocenters. The minimum Gasteiger partial charge on any atom is -0.483 e. The van der Waals surface area contributed by atoms with Gasteiger partial charge in [-0.1, -0.05) is 18.2 Å². The first-order chi connectivity index (χ1) is 13.0.